The summed E-state index contributed by atoms with van der Waals surface area (Å²) in [7, 11) is -0.345. The van der Waals surface area contributed by atoms with Crippen LogP contribution in [0.1, 0.15) is 42.7 Å². The van der Waals surface area contributed by atoms with Crippen LogP contribution in [0.4, 0.5) is 28.6 Å². The minimum absolute atomic E-state index is 0.178. The first kappa shape index (κ1) is 30.2. The topological polar surface area (TPSA) is 128 Å². The molecule has 1 unspecified atom stereocenters. The quantitative estimate of drug-likeness (QED) is 0.176. The van der Waals surface area contributed by atoms with Gasteiger partial charge in [-0.15, -0.1) is 4.98 Å². The highest BCUT2D eigenvalue weighted by Crippen LogP contribution is 2.35. The molecule has 1 atom stereocenters. The van der Waals surface area contributed by atoms with E-state index in [4.69, 9.17) is 26.0 Å². The monoisotopic (exact) mass is 604 g/mol. The number of aryl methyl sites for hydroxylation is 1. The largest absolute Gasteiger partial charge is 0.390 e. The number of hydrogen-bond acceptors (Lipinski definition) is 9. The fraction of sp³-hybridized carbons (Fsp3) is 0.400. The Kier molecular flexibility index (Phi) is 9.10. The van der Waals surface area contributed by atoms with Crippen LogP contribution in [0.15, 0.2) is 42.5 Å². The van der Waals surface area contributed by atoms with Gasteiger partial charge >= 0.3 is 0 Å². The molecule has 5 rings (SSSR count). The first-order chi connectivity index (χ1) is 20.7. The predicted molar refractivity (Wildman–Crippen MR) is 168 cm³/mol. The molecular weight excluding hydrogens is 568 g/mol. The molecule has 0 aliphatic carbocycles. The molecule has 12 nitrogen and oxygen atoms in total. The Morgan fingerprint density at radius 1 is 1.12 bits per heavy atom. The molecule has 1 fully saturated rings. The Morgan fingerprint density at radius 2 is 1.93 bits per heavy atom. The van der Waals surface area contributed by atoms with Crippen LogP contribution in [0.25, 0.3) is 16.0 Å². The van der Waals surface area contributed by atoms with Gasteiger partial charge < -0.3 is 25.0 Å². The van der Waals surface area contributed by atoms with E-state index in [0.717, 1.165) is 25.1 Å². The van der Waals surface area contributed by atoms with Crippen molar-refractivity contribution in [3.63, 3.8) is 0 Å². The highest BCUT2D eigenvalue weighted by Gasteiger charge is 2.24. The van der Waals surface area contributed by atoms with Crippen molar-refractivity contribution < 1.29 is 17.9 Å². The summed E-state index contributed by atoms with van der Waals surface area (Å²) in [5.41, 5.74) is 5.16. The van der Waals surface area contributed by atoms with Gasteiger partial charge in [0, 0.05) is 27.3 Å². The lowest BCUT2D eigenvalue weighted by Crippen LogP contribution is -2.25. The molecule has 1 aromatic carbocycles. The van der Waals surface area contributed by atoms with E-state index in [1.165, 1.54) is 17.6 Å². The molecule has 0 saturated carbocycles. The number of imidazole rings is 1. The van der Waals surface area contributed by atoms with Gasteiger partial charge in [0.1, 0.15) is 23.3 Å². The molecule has 226 valence electrons. The van der Waals surface area contributed by atoms with Crippen molar-refractivity contribution in [2.75, 3.05) is 55.1 Å². The van der Waals surface area contributed by atoms with Crippen LogP contribution in [-0.2, 0) is 25.9 Å². The van der Waals surface area contributed by atoms with Gasteiger partial charge in [-0.05, 0) is 56.5 Å². The zero-order chi connectivity index (χ0) is 30.6. The third-order valence-electron chi connectivity index (χ3n) is 7.35. The average Bonchev–Trinajstić information content (AvgIpc) is 3.33. The fourth-order valence-corrected chi connectivity index (χ4v) is 5.66. The van der Waals surface area contributed by atoms with Crippen LogP contribution in [-0.4, -0.2) is 68.1 Å². The number of nitrogens with zero attached hydrogens (tertiary/aromatic N) is 6. The summed E-state index contributed by atoms with van der Waals surface area (Å²) in [6.07, 6.45) is 4.28. The van der Waals surface area contributed by atoms with Crippen LogP contribution in [0, 0.1) is 13.5 Å². The molecular formula is C30H36N8O4S. The van der Waals surface area contributed by atoms with E-state index in [1.54, 1.807) is 19.2 Å². The predicted octanol–water partition coefficient (Wildman–Crippen LogP) is 5.17. The molecule has 43 heavy (non-hydrogen) atoms. The van der Waals surface area contributed by atoms with E-state index in [9.17, 15) is 8.42 Å². The third kappa shape index (κ3) is 6.72. The normalized spacial score (nSPS) is 15.3. The lowest BCUT2D eigenvalue weighted by Gasteiger charge is -2.25. The number of fused-ring (bicyclic) bond motifs is 1. The number of ether oxygens (including phenoxy) is 2. The molecule has 3 aromatic heterocycles. The fourth-order valence-electron chi connectivity index (χ4n) is 5.14. The van der Waals surface area contributed by atoms with Gasteiger partial charge in [0.05, 0.1) is 47.7 Å². The Labute approximate surface area is 251 Å². The van der Waals surface area contributed by atoms with Crippen molar-refractivity contribution in [1.29, 1.82) is 0 Å². The zero-order valence-corrected chi connectivity index (χ0v) is 25.6. The minimum Gasteiger partial charge on any atom is -0.390 e. The molecule has 0 amide bonds. The molecule has 0 bridgehead atoms. The number of para-hydroxylation sites is 2. The van der Waals surface area contributed by atoms with Gasteiger partial charge in [0.2, 0.25) is 10.0 Å². The molecule has 4 heterocycles. The second kappa shape index (κ2) is 12.9. The van der Waals surface area contributed by atoms with Crippen LogP contribution < -0.4 is 14.9 Å². The summed E-state index contributed by atoms with van der Waals surface area (Å²) in [5.74, 6) is 1.05. The maximum atomic E-state index is 12.4. The molecule has 0 radical (unpaired) electrons. The van der Waals surface area contributed by atoms with Crippen molar-refractivity contribution in [2.24, 2.45) is 0 Å². The van der Waals surface area contributed by atoms with E-state index in [1.807, 2.05) is 41.8 Å². The second-order valence-electron chi connectivity index (χ2n) is 10.4. The number of hydrogen-bond donors (Lipinski definition) is 2. The highest BCUT2D eigenvalue weighted by atomic mass is 32.2. The van der Waals surface area contributed by atoms with E-state index in [-0.39, 0.29) is 12.0 Å². The zero-order valence-electron chi connectivity index (χ0n) is 24.8. The number of anilines is 4. The number of sulfonamides is 1. The number of methoxy groups -OCH3 is 1. The molecule has 1 aliphatic heterocycles. The second-order valence-corrected chi connectivity index (χ2v) is 12.5. The summed E-state index contributed by atoms with van der Waals surface area (Å²) >= 11 is 0. The SMILES string of the molecule is [C-]#[N+]c1nc(Cc2cc(Nc3ccccc3N(C)S(C)(=O)=O)c3nc(C)n(C4CCCCO4)c3n2)ccc1NCCOC. The maximum absolute atomic E-state index is 12.4. The van der Waals surface area contributed by atoms with Crippen molar-refractivity contribution in [3.05, 3.63) is 71.1 Å². The third-order valence-corrected chi connectivity index (χ3v) is 8.55. The lowest BCUT2D eigenvalue weighted by atomic mass is 10.1. The van der Waals surface area contributed by atoms with Crippen LogP contribution in [0.3, 0.4) is 0 Å². The summed E-state index contributed by atoms with van der Waals surface area (Å²) in [6, 6.07) is 12.9. The van der Waals surface area contributed by atoms with Gasteiger partial charge in [-0.25, -0.2) is 18.4 Å². The number of benzene rings is 1. The molecule has 4 aromatic rings. The smallest absolute Gasteiger partial charge is 0.292 e. The number of nitrogens with one attached hydrogen (secondary N) is 2. The number of pyridine rings is 2. The van der Waals surface area contributed by atoms with E-state index >= 15 is 0 Å². The molecule has 1 aliphatic rings. The Balaban J connectivity index is 1.58. The standard InChI is InChI=1S/C30H36N8O4S/c1-20-33-28-25(36-23-10-6-7-11-26(23)37(3)43(5,39)40)19-22(35-30(28)38(20)27-12-8-9-16-42-27)18-21-13-14-24(29(31-2)34-21)32-15-17-41-4/h6-7,10-11,13-14,19,27,32H,8-9,12,15-18H2,1,3-5H3,(H,35,36). The first-order valence-corrected chi connectivity index (χ1v) is 15.9. The van der Waals surface area contributed by atoms with Crippen molar-refractivity contribution >= 4 is 49.8 Å². The summed E-state index contributed by atoms with van der Waals surface area (Å²) in [4.78, 5) is 18.1. The van der Waals surface area contributed by atoms with E-state index < -0.39 is 10.0 Å². The lowest BCUT2D eigenvalue weighted by molar-refractivity contribution is -0.0309. The summed E-state index contributed by atoms with van der Waals surface area (Å²) < 4.78 is 39.3. The summed E-state index contributed by atoms with van der Waals surface area (Å²) in [5, 5.41) is 6.63. The Hall–Kier alpha value is -4.25. The number of aromatic nitrogens is 4. The molecule has 2 N–H and O–H groups in total. The molecule has 13 heteroatoms. The van der Waals surface area contributed by atoms with Crippen molar-refractivity contribution in [3.8, 4) is 0 Å². The molecule has 0 spiro atoms. The van der Waals surface area contributed by atoms with E-state index in [0.29, 0.717) is 71.5 Å². The Bertz CT molecular complexity index is 1760. The first-order valence-electron chi connectivity index (χ1n) is 14.1. The minimum atomic E-state index is -3.50. The van der Waals surface area contributed by atoms with Crippen molar-refractivity contribution in [2.45, 2.75) is 38.8 Å². The van der Waals surface area contributed by atoms with Crippen molar-refractivity contribution in [1.82, 2.24) is 19.5 Å². The Morgan fingerprint density at radius 3 is 2.65 bits per heavy atom. The van der Waals surface area contributed by atoms with Crippen LogP contribution in [0.5, 0.6) is 0 Å². The molecule has 1 saturated heterocycles. The maximum Gasteiger partial charge on any atom is 0.292 e. The summed E-state index contributed by atoms with van der Waals surface area (Å²) in [6.45, 7) is 11.3. The van der Waals surface area contributed by atoms with Gasteiger partial charge in [-0.1, -0.05) is 18.7 Å². The number of rotatable bonds is 11. The van der Waals surface area contributed by atoms with Crippen LogP contribution >= 0.6 is 0 Å². The van der Waals surface area contributed by atoms with Gasteiger partial charge in [0.15, 0.2) is 5.65 Å². The van der Waals surface area contributed by atoms with E-state index in [2.05, 4.69) is 20.5 Å². The average molecular weight is 605 g/mol. The van der Waals surface area contributed by atoms with Gasteiger partial charge in [0.25, 0.3) is 5.82 Å². The highest BCUT2D eigenvalue weighted by molar-refractivity contribution is 7.92. The van der Waals surface area contributed by atoms with Gasteiger partial charge in [-0.2, -0.15) is 0 Å². The van der Waals surface area contributed by atoms with Crippen LogP contribution in [0.2, 0.25) is 0 Å². The van der Waals surface area contributed by atoms with Gasteiger partial charge in [-0.3, -0.25) is 8.87 Å².